The molecule has 4 heteroatoms. The molecule has 0 heterocycles. The van der Waals surface area contributed by atoms with Crippen LogP contribution in [0, 0.1) is 0 Å². The fourth-order valence-electron chi connectivity index (χ4n) is 0.287. The van der Waals surface area contributed by atoms with E-state index in [0.29, 0.717) is 0 Å². The number of carbonyl (C=O) groups is 1. The molecule has 48 valence electrons. The number of carboxylic acid groups (broad SMARTS) is 1. The van der Waals surface area contributed by atoms with Crippen molar-refractivity contribution in [2.24, 2.45) is 0 Å². The summed E-state index contributed by atoms with van der Waals surface area (Å²) in [7, 11) is 0. The van der Waals surface area contributed by atoms with Crippen LogP contribution >= 0.6 is 0 Å². The van der Waals surface area contributed by atoms with Crippen molar-refractivity contribution < 1.29 is 61.3 Å². The Morgan fingerprint density at radius 2 is 2.11 bits per heavy atom. The summed E-state index contributed by atoms with van der Waals surface area (Å²) in [6.07, 6.45) is 0. The van der Waals surface area contributed by atoms with Gasteiger partial charge in [-0.2, -0.15) is 0 Å². The van der Waals surface area contributed by atoms with Crippen molar-refractivity contribution in [1.82, 2.24) is 5.32 Å². The molecule has 3 nitrogen and oxygen atoms in total. The second-order valence-electron chi connectivity index (χ2n) is 1.91. The molecular weight excluding hydrogens is 145 g/mol. The molecular formula is C5H10KNO2. The number of aliphatic carboxylic acids is 1. The zero-order valence-electron chi connectivity index (χ0n) is 6.10. The summed E-state index contributed by atoms with van der Waals surface area (Å²) in [5.41, 5.74) is 0. The van der Waals surface area contributed by atoms with Crippen molar-refractivity contribution >= 4 is 5.97 Å². The van der Waals surface area contributed by atoms with Crippen molar-refractivity contribution in [3.8, 4) is 0 Å². The number of carbonyl (C=O) groups excluding carboxylic acids is 1. The van der Waals surface area contributed by atoms with E-state index in [4.69, 9.17) is 0 Å². The number of rotatable bonds is 3. The van der Waals surface area contributed by atoms with Crippen LogP contribution in [0.2, 0.25) is 0 Å². The molecule has 0 amide bonds. The minimum absolute atomic E-state index is 0. The van der Waals surface area contributed by atoms with Gasteiger partial charge in [-0.15, -0.1) is 0 Å². The largest absolute Gasteiger partial charge is 1.00 e. The first-order valence-electron chi connectivity index (χ1n) is 2.56. The molecule has 0 aromatic carbocycles. The van der Waals surface area contributed by atoms with Gasteiger partial charge in [0.15, 0.2) is 0 Å². The molecule has 9 heavy (non-hydrogen) atoms. The third-order valence-corrected chi connectivity index (χ3v) is 0.655. The van der Waals surface area contributed by atoms with Gasteiger partial charge >= 0.3 is 51.4 Å². The van der Waals surface area contributed by atoms with Gasteiger partial charge in [-0.05, 0) is 0 Å². The van der Waals surface area contributed by atoms with E-state index in [1.165, 1.54) is 0 Å². The minimum atomic E-state index is -1.06. The van der Waals surface area contributed by atoms with Crippen LogP contribution in [0.4, 0.5) is 0 Å². The van der Waals surface area contributed by atoms with Crippen LogP contribution < -0.4 is 61.8 Å². The Balaban J connectivity index is 0. The molecule has 0 aromatic rings. The van der Waals surface area contributed by atoms with E-state index in [1.807, 2.05) is 13.8 Å². The van der Waals surface area contributed by atoms with Gasteiger partial charge in [0.2, 0.25) is 0 Å². The molecule has 0 rings (SSSR count). The van der Waals surface area contributed by atoms with Crippen molar-refractivity contribution in [3.05, 3.63) is 0 Å². The average molecular weight is 155 g/mol. The Morgan fingerprint density at radius 3 is 2.22 bits per heavy atom. The zero-order chi connectivity index (χ0) is 6.57. The molecule has 0 saturated carbocycles. The van der Waals surface area contributed by atoms with E-state index in [0.717, 1.165) is 0 Å². The third-order valence-electron chi connectivity index (χ3n) is 0.655. The van der Waals surface area contributed by atoms with Crippen molar-refractivity contribution in [2.75, 3.05) is 6.54 Å². The van der Waals surface area contributed by atoms with E-state index in [1.54, 1.807) is 0 Å². The van der Waals surface area contributed by atoms with Gasteiger partial charge in [0.05, 0.1) is 5.97 Å². The Morgan fingerprint density at radius 1 is 1.67 bits per heavy atom. The fraction of sp³-hybridized carbons (Fsp3) is 0.800. The first-order chi connectivity index (χ1) is 3.63. The van der Waals surface area contributed by atoms with E-state index in [9.17, 15) is 9.90 Å². The van der Waals surface area contributed by atoms with Gasteiger partial charge in [0.1, 0.15) is 0 Å². The Labute approximate surface area is 97.6 Å². The summed E-state index contributed by atoms with van der Waals surface area (Å²) in [6.45, 7) is 3.70. The maximum Gasteiger partial charge on any atom is 1.00 e. The Kier molecular flexibility index (Phi) is 10.1. The van der Waals surface area contributed by atoms with Crippen molar-refractivity contribution in [2.45, 2.75) is 19.9 Å². The summed E-state index contributed by atoms with van der Waals surface area (Å²) < 4.78 is 0. The SMILES string of the molecule is CC(C)NCC(=O)[O-].[K+]. The second kappa shape index (κ2) is 7.18. The van der Waals surface area contributed by atoms with Gasteiger partial charge in [-0.25, -0.2) is 0 Å². The van der Waals surface area contributed by atoms with Gasteiger partial charge in [0, 0.05) is 12.6 Å². The summed E-state index contributed by atoms with van der Waals surface area (Å²) >= 11 is 0. The second-order valence-corrected chi connectivity index (χ2v) is 1.91. The minimum Gasteiger partial charge on any atom is -0.549 e. The van der Waals surface area contributed by atoms with Crippen LogP contribution in [0.25, 0.3) is 0 Å². The van der Waals surface area contributed by atoms with E-state index in [2.05, 4.69) is 5.32 Å². The fourth-order valence-corrected chi connectivity index (χ4v) is 0.287. The van der Waals surface area contributed by atoms with Crippen LogP contribution in [0.3, 0.4) is 0 Å². The van der Waals surface area contributed by atoms with Gasteiger partial charge < -0.3 is 15.2 Å². The molecule has 0 aliphatic carbocycles. The molecule has 0 bridgehead atoms. The van der Waals surface area contributed by atoms with Gasteiger partial charge in [0.25, 0.3) is 0 Å². The maximum absolute atomic E-state index is 9.73. The quantitative estimate of drug-likeness (QED) is 0.420. The molecule has 0 aliphatic rings. The first-order valence-corrected chi connectivity index (χ1v) is 2.56. The molecule has 0 aliphatic heterocycles. The van der Waals surface area contributed by atoms with Crippen molar-refractivity contribution in [1.29, 1.82) is 0 Å². The Hall–Kier alpha value is 1.07. The Bertz CT molecular complexity index is 85.0. The van der Waals surface area contributed by atoms with Crippen LogP contribution in [0.15, 0.2) is 0 Å². The zero-order valence-corrected chi connectivity index (χ0v) is 9.22. The number of hydrogen-bond donors (Lipinski definition) is 1. The number of carboxylic acids is 1. The van der Waals surface area contributed by atoms with Crippen LogP contribution in [-0.4, -0.2) is 18.6 Å². The smallest absolute Gasteiger partial charge is 0.549 e. The van der Waals surface area contributed by atoms with E-state index >= 15 is 0 Å². The normalized spacial score (nSPS) is 8.78. The topological polar surface area (TPSA) is 52.2 Å². The molecule has 0 aromatic heterocycles. The van der Waals surface area contributed by atoms with Crippen LogP contribution in [-0.2, 0) is 4.79 Å². The standard InChI is InChI=1S/C5H11NO2.K/c1-4(2)6-3-5(7)8;/h4,6H,3H2,1-2H3,(H,7,8);/q;+1/p-1. The number of hydrogen-bond acceptors (Lipinski definition) is 3. The monoisotopic (exact) mass is 155 g/mol. The first kappa shape index (κ1) is 12.7. The van der Waals surface area contributed by atoms with Crippen LogP contribution in [0.1, 0.15) is 13.8 Å². The summed E-state index contributed by atoms with van der Waals surface area (Å²) in [6, 6.07) is 0.216. The predicted octanol–water partition coefficient (Wildman–Crippen LogP) is -4.26. The van der Waals surface area contributed by atoms with E-state index < -0.39 is 5.97 Å². The molecule has 1 N–H and O–H groups in total. The van der Waals surface area contributed by atoms with Gasteiger partial charge in [-0.3, -0.25) is 0 Å². The molecule has 0 atom stereocenters. The summed E-state index contributed by atoms with van der Waals surface area (Å²) in [5, 5.41) is 12.4. The van der Waals surface area contributed by atoms with Crippen molar-refractivity contribution in [3.63, 3.8) is 0 Å². The molecule has 0 radical (unpaired) electrons. The average Bonchev–Trinajstić information content (AvgIpc) is 1.61. The predicted molar refractivity (Wildman–Crippen MR) is 28.1 cm³/mol. The van der Waals surface area contributed by atoms with E-state index in [-0.39, 0.29) is 64.0 Å². The van der Waals surface area contributed by atoms with Crippen LogP contribution in [0.5, 0.6) is 0 Å². The summed E-state index contributed by atoms with van der Waals surface area (Å²) in [4.78, 5) is 9.73. The number of nitrogens with one attached hydrogen (secondary N) is 1. The maximum atomic E-state index is 9.73. The molecule has 0 saturated heterocycles. The molecule has 0 unspecified atom stereocenters. The molecule has 0 spiro atoms. The summed E-state index contributed by atoms with van der Waals surface area (Å²) in [5.74, 6) is -1.06. The molecule has 0 fully saturated rings. The third kappa shape index (κ3) is 12.3. The van der Waals surface area contributed by atoms with Gasteiger partial charge in [-0.1, -0.05) is 13.8 Å².